The summed E-state index contributed by atoms with van der Waals surface area (Å²) in [6, 6.07) is 8.35. The van der Waals surface area contributed by atoms with Crippen LogP contribution >= 0.6 is 12.4 Å². The van der Waals surface area contributed by atoms with Gasteiger partial charge in [0.2, 0.25) is 0 Å². The van der Waals surface area contributed by atoms with Crippen molar-refractivity contribution in [3.05, 3.63) is 29.8 Å². The predicted molar refractivity (Wildman–Crippen MR) is 62.7 cm³/mol. The van der Waals surface area contributed by atoms with Gasteiger partial charge in [0.1, 0.15) is 5.84 Å². The molecule has 0 bridgehead atoms. The van der Waals surface area contributed by atoms with Gasteiger partial charge in [-0.3, -0.25) is 5.41 Å². The highest BCUT2D eigenvalue weighted by Crippen LogP contribution is 2.21. The van der Waals surface area contributed by atoms with E-state index in [1.165, 1.54) is 11.3 Å². The first-order valence-corrected chi connectivity index (χ1v) is 4.69. The SMILES string of the molecule is Cc1cccc(N2CCCC2=N)c1.Cl. The molecule has 0 spiro atoms. The number of nitrogens with zero attached hydrogens (tertiary/aromatic N) is 1. The van der Waals surface area contributed by atoms with Crippen LogP contribution in [0.5, 0.6) is 0 Å². The van der Waals surface area contributed by atoms with E-state index in [0.29, 0.717) is 0 Å². The maximum absolute atomic E-state index is 7.74. The van der Waals surface area contributed by atoms with Gasteiger partial charge in [0, 0.05) is 18.7 Å². The van der Waals surface area contributed by atoms with Gasteiger partial charge in [0.05, 0.1) is 0 Å². The third kappa shape index (κ3) is 2.07. The van der Waals surface area contributed by atoms with E-state index in [-0.39, 0.29) is 12.4 Å². The van der Waals surface area contributed by atoms with E-state index < -0.39 is 0 Å². The molecule has 1 aromatic carbocycles. The minimum Gasteiger partial charge on any atom is -0.330 e. The van der Waals surface area contributed by atoms with E-state index in [4.69, 9.17) is 5.41 Å². The van der Waals surface area contributed by atoms with Gasteiger partial charge in [0.25, 0.3) is 0 Å². The Morgan fingerprint density at radius 3 is 2.71 bits per heavy atom. The summed E-state index contributed by atoms with van der Waals surface area (Å²) in [7, 11) is 0. The number of amidine groups is 1. The van der Waals surface area contributed by atoms with Gasteiger partial charge in [0.15, 0.2) is 0 Å². The van der Waals surface area contributed by atoms with Crippen LogP contribution in [0.4, 0.5) is 5.69 Å². The van der Waals surface area contributed by atoms with Crippen molar-refractivity contribution in [3.8, 4) is 0 Å². The van der Waals surface area contributed by atoms with Crippen LogP contribution in [0.25, 0.3) is 0 Å². The van der Waals surface area contributed by atoms with Crippen molar-refractivity contribution in [1.82, 2.24) is 0 Å². The molecule has 2 rings (SSSR count). The highest BCUT2D eigenvalue weighted by atomic mass is 35.5. The summed E-state index contributed by atoms with van der Waals surface area (Å²) >= 11 is 0. The number of benzene rings is 1. The van der Waals surface area contributed by atoms with E-state index in [2.05, 4.69) is 36.1 Å². The van der Waals surface area contributed by atoms with Crippen molar-refractivity contribution in [3.63, 3.8) is 0 Å². The zero-order chi connectivity index (χ0) is 9.26. The molecule has 76 valence electrons. The third-order valence-corrected chi connectivity index (χ3v) is 2.43. The second-order valence-electron chi connectivity index (χ2n) is 3.54. The van der Waals surface area contributed by atoms with Gasteiger partial charge in [-0.1, -0.05) is 12.1 Å². The van der Waals surface area contributed by atoms with Gasteiger partial charge in [-0.25, -0.2) is 0 Å². The van der Waals surface area contributed by atoms with Gasteiger partial charge >= 0.3 is 0 Å². The van der Waals surface area contributed by atoms with E-state index >= 15 is 0 Å². The van der Waals surface area contributed by atoms with E-state index in [9.17, 15) is 0 Å². The Hall–Kier alpha value is -1.02. The highest BCUT2D eigenvalue weighted by molar-refractivity contribution is 5.97. The fraction of sp³-hybridized carbons (Fsp3) is 0.364. The Morgan fingerprint density at radius 2 is 2.14 bits per heavy atom. The minimum atomic E-state index is 0. The summed E-state index contributed by atoms with van der Waals surface area (Å²) in [5.74, 6) is 0.755. The normalized spacial score (nSPS) is 15.5. The first kappa shape index (κ1) is 11.1. The fourth-order valence-corrected chi connectivity index (χ4v) is 1.76. The lowest BCUT2D eigenvalue weighted by Crippen LogP contribution is -2.22. The van der Waals surface area contributed by atoms with Crippen LogP contribution < -0.4 is 4.90 Å². The van der Waals surface area contributed by atoms with Crippen LogP contribution in [-0.4, -0.2) is 12.4 Å². The molecule has 1 aromatic rings. The Kier molecular flexibility index (Phi) is 3.53. The maximum Gasteiger partial charge on any atom is 0.100 e. The Labute approximate surface area is 90.8 Å². The van der Waals surface area contributed by atoms with Crippen LogP contribution in [0.2, 0.25) is 0 Å². The smallest absolute Gasteiger partial charge is 0.100 e. The molecule has 1 fully saturated rings. The average molecular weight is 211 g/mol. The Balaban J connectivity index is 0.000000980. The van der Waals surface area contributed by atoms with Crippen molar-refractivity contribution >= 4 is 23.9 Å². The predicted octanol–water partition coefficient (Wildman–Crippen LogP) is 2.99. The molecular weight excluding hydrogens is 196 g/mol. The van der Waals surface area contributed by atoms with E-state index in [1.54, 1.807) is 0 Å². The number of anilines is 1. The minimum absolute atomic E-state index is 0. The molecule has 3 heteroatoms. The van der Waals surface area contributed by atoms with Crippen molar-refractivity contribution in [1.29, 1.82) is 5.41 Å². The molecule has 0 aromatic heterocycles. The summed E-state index contributed by atoms with van der Waals surface area (Å²) in [5.41, 5.74) is 2.43. The third-order valence-electron chi connectivity index (χ3n) is 2.43. The molecule has 14 heavy (non-hydrogen) atoms. The number of rotatable bonds is 1. The summed E-state index contributed by atoms with van der Waals surface area (Å²) < 4.78 is 0. The molecule has 1 aliphatic rings. The van der Waals surface area contributed by atoms with Crippen LogP contribution in [0, 0.1) is 12.3 Å². The van der Waals surface area contributed by atoms with Crippen molar-refractivity contribution < 1.29 is 0 Å². The lowest BCUT2D eigenvalue weighted by Gasteiger charge is -2.17. The Bertz CT molecular complexity index is 336. The topological polar surface area (TPSA) is 27.1 Å². The molecule has 0 amide bonds. The molecular formula is C11H15ClN2. The molecule has 1 heterocycles. The molecule has 2 nitrogen and oxygen atoms in total. The summed E-state index contributed by atoms with van der Waals surface area (Å²) in [5, 5.41) is 7.74. The molecule has 0 radical (unpaired) electrons. The first-order chi connectivity index (χ1) is 6.27. The summed E-state index contributed by atoms with van der Waals surface area (Å²) in [6.07, 6.45) is 2.04. The zero-order valence-corrected chi connectivity index (χ0v) is 9.10. The molecule has 1 N–H and O–H groups in total. The second kappa shape index (κ2) is 4.47. The van der Waals surface area contributed by atoms with Crippen LogP contribution in [0.15, 0.2) is 24.3 Å². The molecule has 0 unspecified atom stereocenters. The standard InChI is InChI=1S/C11H14N2.ClH/c1-9-4-2-5-10(8-9)13-7-3-6-11(13)12;/h2,4-5,8,12H,3,6-7H2,1H3;1H. The van der Waals surface area contributed by atoms with Crippen LogP contribution in [0.1, 0.15) is 18.4 Å². The van der Waals surface area contributed by atoms with Crippen molar-refractivity contribution in [2.24, 2.45) is 0 Å². The second-order valence-corrected chi connectivity index (χ2v) is 3.54. The molecule has 0 saturated carbocycles. The average Bonchev–Trinajstić information content (AvgIpc) is 2.51. The zero-order valence-electron chi connectivity index (χ0n) is 8.29. The van der Waals surface area contributed by atoms with Gasteiger partial charge in [-0.05, 0) is 31.0 Å². The molecule has 1 aliphatic heterocycles. The summed E-state index contributed by atoms with van der Waals surface area (Å²) in [6.45, 7) is 3.09. The van der Waals surface area contributed by atoms with Crippen molar-refractivity contribution in [2.45, 2.75) is 19.8 Å². The van der Waals surface area contributed by atoms with E-state index in [0.717, 1.165) is 25.2 Å². The summed E-state index contributed by atoms with van der Waals surface area (Å²) in [4.78, 5) is 2.09. The molecule has 0 aliphatic carbocycles. The van der Waals surface area contributed by atoms with Crippen LogP contribution in [0.3, 0.4) is 0 Å². The lowest BCUT2D eigenvalue weighted by molar-refractivity contribution is 0.956. The largest absolute Gasteiger partial charge is 0.330 e. The molecule has 1 saturated heterocycles. The van der Waals surface area contributed by atoms with E-state index in [1.807, 2.05) is 0 Å². The maximum atomic E-state index is 7.74. The van der Waals surface area contributed by atoms with Gasteiger partial charge < -0.3 is 4.90 Å². The van der Waals surface area contributed by atoms with Gasteiger partial charge in [-0.15, -0.1) is 12.4 Å². The van der Waals surface area contributed by atoms with Crippen molar-refractivity contribution in [2.75, 3.05) is 11.4 Å². The Morgan fingerprint density at radius 1 is 1.36 bits per heavy atom. The number of hydrogen-bond donors (Lipinski definition) is 1. The monoisotopic (exact) mass is 210 g/mol. The van der Waals surface area contributed by atoms with Gasteiger partial charge in [-0.2, -0.15) is 0 Å². The molecule has 0 atom stereocenters. The highest BCUT2D eigenvalue weighted by Gasteiger charge is 2.17. The number of hydrogen-bond acceptors (Lipinski definition) is 1. The number of halogens is 1. The fourth-order valence-electron chi connectivity index (χ4n) is 1.76. The first-order valence-electron chi connectivity index (χ1n) is 4.69. The van der Waals surface area contributed by atoms with Crippen LogP contribution in [-0.2, 0) is 0 Å². The number of aryl methyl sites for hydroxylation is 1. The lowest BCUT2D eigenvalue weighted by atomic mass is 10.2. The number of nitrogens with one attached hydrogen (secondary N) is 1. The quantitative estimate of drug-likeness (QED) is 0.758.